The average Bonchev–Trinajstić information content (AvgIpc) is 2.40. The van der Waals surface area contributed by atoms with Crippen LogP contribution in [0.4, 0.5) is 0 Å². The van der Waals surface area contributed by atoms with Crippen LogP contribution in [0.5, 0.6) is 5.75 Å². The second-order valence-corrected chi connectivity index (χ2v) is 4.71. The first kappa shape index (κ1) is 13.3. The summed E-state index contributed by atoms with van der Waals surface area (Å²) in [5.74, 6) is 0.886. The molecule has 2 rings (SSSR count). The van der Waals surface area contributed by atoms with Gasteiger partial charge in [0.15, 0.2) is 0 Å². The van der Waals surface area contributed by atoms with E-state index in [1.807, 2.05) is 19.2 Å². The van der Waals surface area contributed by atoms with Crippen LogP contribution in [0, 0.1) is 0 Å². The fourth-order valence-corrected chi connectivity index (χ4v) is 2.41. The van der Waals surface area contributed by atoms with Crippen LogP contribution < -0.4 is 10.1 Å². The molecular formula is C14H22N2O2. The summed E-state index contributed by atoms with van der Waals surface area (Å²) in [5.41, 5.74) is 1.21. The van der Waals surface area contributed by atoms with Gasteiger partial charge in [-0.25, -0.2) is 0 Å². The second kappa shape index (κ2) is 6.18. The fourth-order valence-electron chi connectivity index (χ4n) is 2.41. The normalized spacial score (nSPS) is 22.7. The van der Waals surface area contributed by atoms with E-state index in [1.54, 1.807) is 7.11 Å². The predicted molar refractivity (Wildman–Crippen MR) is 72.0 cm³/mol. The van der Waals surface area contributed by atoms with E-state index in [0.29, 0.717) is 0 Å². The summed E-state index contributed by atoms with van der Waals surface area (Å²) in [4.78, 5) is 2.30. The molecule has 1 fully saturated rings. The van der Waals surface area contributed by atoms with Gasteiger partial charge in [0.1, 0.15) is 5.75 Å². The number of morpholine rings is 1. The third kappa shape index (κ3) is 3.02. The smallest absolute Gasteiger partial charge is 0.119 e. The summed E-state index contributed by atoms with van der Waals surface area (Å²) >= 11 is 0. The molecule has 2 unspecified atom stereocenters. The van der Waals surface area contributed by atoms with E-state index in [-0.39, 0.29) is 12.1 Å². The molecule has 1 aliphatic heterocycles. The van der Waals surface area contributed by atoms with Crippen molar-refractivity contribution in [2.75, 3.05) is 40.9 Å². The van der Waals surface area contributed by atoms with Gasteiger partial charge in [-0.2, -0.15) is 0 Å². The van der Waals surface area contributed by atoms with Crippen LogP contribution in [0.1, 0.15) is 11.6 Å². The lowest BCUT2D eigenvalue weighted by molar-refractivity contribution is -0.0380. The Kier molecular flexibility index (Phi) is 4.58. The van der Waals surface area contributed by atoms with Crippen LogP contribution in [0.3, 0.4) is 0 Å². The Bertz CT molecular complexity index is 384. The molecule has 1 aromatic rings. The molecule has 4 nitrogen and oxygen atoms in total. The molecule has 100 valence electrons. The van der Waals surface area contributed by atoms with Gasteiger partial charge < -0.3 is 19.7 Å². The number of nitrogens with one attached hydrogen (secondary N) is 1. The SMILES string of the molecule is CNC(c1cccc(OC)c1)C1CN(C)CCO1. The summed E-state index contributed by atoms with van der Waals surface area (Å²) in [6.45, 7) is 2.75. The molecular weight excluding hydrogens is 228 g/mol. The minimum absolute atomic E-state index is 0.181. The highest BCUT2D eigenvalue weighted by Gasteiger charge is 2.27. The number of benzene rings is 1. The largest absolute Gasteiger partial charge is 0.497 e. The quantitative estimate of drug-likeness (QED) is 0.873. The van der Waals surface area contributed by atoms with Gasteiger partial charge in [-0.1, -0.05) is 12.1 Å². The molecule has 1 saturated heterocycles. The molecule has 0 aromatic heterocycles. The predicted octanol–water partition coefficient (Wildman–Crippen LogP) is 1.29. The Hall–Kier alpha value is -1.10. The van der Waals surface area contributed by atoms with Crippen LogP contribution in [0.2, 0.25) is 0 Å². The topological polar surface area (TPSA) is 33.7 Å². The number of ether oxygens (including phenoxy) is 2. The Morgan fingerprint density at radius 2 is 2.33 bits per heavy atom. The molecule has 1 aliphatic rings. The van der Waals surface area contributed by atoms with E-state index in [4.69, 9.17) is 9.47 Å². The molecule has 18 heavy (non-hydrogen) atoms. The maximum Gasteiger partial charge on any atom is 0.119 e. The van der Waals surface area contributed by atoms with Crippen molar-refractivity contribution in [2.24, 2.45) is 0 Å². The van der Waals surface area contributed by atoms with E-state index in [9.17, 15) is 0 Å². The molecule has 0 bridgehead atoms. The Labute approximate surface area is 109 Å². The first-order chi connectivity index (χ1) is 8.74. The van der Waals surface area contributed by atoms with E-state index in [1.165, 1.54) is 5.56 Å². The minimum Gasteiger partial charge on any atom is -0.497 e. The van der Waals surface area contributed by atoms with Crippen molar-refractivity contribution in [3.05, 3.63) is 29.8 Å². The van der Waals surface area contributed by atoms with Crippen LogP contribution >= 0.6 is 0 Å². The summed E-state index contributed by atoms with van der Waals surface area (Å²) in [6.07, 6.45) is 0.181. The molecule has 1 heterocycles. The molecule has 4 heteroatoms. The fraction of sp³-hybridized carbons (Fsp3) is 0.571. The third-order valence-corrected chi connectivity index (χ3v) is 3.43. The zero-order valence-corrected chi connectivity index (χ0v) is 11.3. The molecule has 1 N–H and O–H groups in total. The van der Waals surface area contributed by atoms with E-state index in [2.05, 4.69) is 29.4 Å². The van der Waals surface area contributed by atoms with Gasteiger partial charge in [-0.05, 0) is 31.8 Å². The van der Waals surface area contributed by atoms with Crippen molar-refractivity contribution in [1.82, 2.24) is 10.2 Å². The first-order valence-electron chi connectivity index (χ1n) is 6.36. The maximum atomic E-state index is 5.88. The van der Waals surface area contributed by atoms with Crippen molar-refractivity contribution in [3.8, 4) is 5.75 Å². The summed E-state index contributed by atoms with van der Waals surface area (Å²) in [5, 5.41) is 3.35. The van der Waals surface area contributed by atoms with Gasteiger partial charge in [0, 0.05) is 13.1 Å². The second-order valence-electron chi connectivity index (χ2n) is 4.71. The molecule has 0 saturated carbocycles. The van der Waals surface area contributed by atoms with Gasteiger partial charge in [-0.15, -0.1) is 0 Å². The lowest BCUT2D eigenvalue weighted by atomic mass is 10.00. The standard InChI is InChI=1S/C14H22N2O2/c1-15-14(13-10-16(2)7-8-18-13)11-5-4-6-12(9-11)17-3/h4-6,9,13-15H,7-8,10H2,1-3H3. The van der Waals surface area contributed by atoms with Crippen molar-refractivity contribution in [2.45, 2.75) is 12.1 Å². The van der Waals surface area contributed by atoms with Crippen LogP contribution in [0.15, 0.2) is 24.3 Å². The number of nitrogens with zero attached hydrogens (tertiary/aromatic N) is 1. The van der Waals surface area contributed by atoms with Gasteiger partial charge in [0.2, 0.25) is 0 Å². The van der Waals surface area contributed by atoms with Crippen LogP contribution in [-0.2, 0) is 4.74 Å². The maximum absolute atomic E-state index is 5.88. The van der Waals surface area contributed by atoms with E-state index in [0.717, 1.165) is 25.4 Å². The van der Waals surface area contributed by atoms with Crippen molar-refractivity contribution >= 4 is 0 Å². The molecule has 2 atom stereocenters. The highest BCUT2D eigenvalue weighted by atomic mass is 16.5. The first-order valence-corrected chi connectivity index (χ1v) is 6.36. The lowest BCUT2D eigenvalue weighted by Crippen LogP contribution is -2.46. The summed E-state index contributed by atoms with van der Waals surface area (Å²) < 4.78 is 11.2. The highest BCUT2D eigenvalue weighted by Crippen LogP contribution is 2.24. The highest BCUT2D eigenvalue weighted by molar-refractivity contribution is 5.31. The van der Waals surface area contributed by atoms with Crippen molar-refractivity contribution in [3.63, 3.8) is 0 Å². The summed E-state index contributed by atoms with van der Waals surface area (Å²) in [6, 6.07) is 8.36. The minimum atomic E-state index is 0.181. The number of hydrogen-bond donors (Lipinski definition) is 1. The average molecular weight is 250 g/mol. The van der Waals surface area contributed by atoms with Gasteiger partial charge in [-0.3, -0.25) is 0 Å². The van der Waals surface area contributed by atoms with Gasteiger partial charge in [0.05, 0.1) is 25.9 Å². The van der Waals surface area contributed by atoms with Gasteiger partial charge in [0.25, 0.3) is 0 Å². The van der Waals surface area contributed by atoms with Crippen LogP contribution in [0.25, 0.3) is 0 Å². The Morgan fingerprint density at radius 3 is 3.00 bits per heavy atom. The Morgan fingerprint density at radius 1 is 1.50 bits per heavy atom. The molecule has 0 aliphatic carbocycles. The number of likely N-dealkylation sites (N-methyl/N-ethyl adjacent to an activating group) is 2. The monoisotopic (exact) mass is 250 g/mol. The molecule has 0 spiro atoms. The van der Waals surface area contributed by atoms with E-state index < -0.39 is 0 Å². The summed E-state index contributed by atoms with van der Waals surface area (Å²) in [7, 11) is 5.80. The number of methoxy groups -OCH3 is 1. The molecule has 1 aromatic carbocycles. The lowest BCUT2D eigenvalue weighted by Gasteiger charge is -2.35. The number of hydrogen-bond acceptors (Lipinski definition) is 4. The van der Waals surface area contributed by atoms with Crippen LogP contribution in [-0.4, -0.2) is 51.9 Å². The third-order valence-electron chi connectivity index (χ3n) is 3.43. The zero-order chi connectivity index (χ0) is 13.0. The van der Waals surface area contributed by atoms with E-state index >= 15 is 0 Å². The van der Waals surface area contributed by atoms with Gasteiger partial charge >= 0.3 is 0 Å². The molecule has 0 amide bonds. The number of rotatable bonds is 4. The van der Waals surface area contributed by atoms with Crippen molar-refractivity contribution in [1.29, 1.82) is 0 Å². The Balaban J connectivity index is 2.16. The zero-order valence-electron chi connectivity index (χ0n) is 11.3. The van der Waals surface area contributed by atoms with Crippen molar-refractivity contribution < 1.29 is 9.47 Å². The molecule has 0 radical (unpaired) electrons.